The number of alkyl halides is 2. The molecule has 4 rings (SSSR count). The zero-order chi connectivity index (χ0) is 25.3. The van der Waals surface area contributed by atoms with Crippen LogP contribution in [-0.4, -0.2) is 45.4 Å². The van der Waals surface area contributed by atoms with Crippen LogP contribution in [-0.2, 0) is 4.79 Å². The number of nitrogens with one attached hydrogen (secondary N) is 1. The number of amides is 1. The van der Waals surface area contributed by atoms with Crippen LogP contribution in [0.5, 0.6) is 0 Å². The van der Waals surface area contributed by atoms with Gasteiger partial charge in [-0.2, -0.15) is 4.73 Å². The van der Waals surface area contributed by atoms with Gasteiger partial charge in [0.25, 0.3) is 5.92 Å². The number of hydrogen-bond donors (Lipinski definition) is 1. The average molecular weight is 491 g/mol. The van der Waals surface area contributed by atoms with Crippen molar-refractivity contribution in [3.63, 3.8) is 0 Å². The Morgan fingerprint density at radius 3 is 2.51 bits per heavy atom. The summed E-state index contributed by atoms with van der Waals surface area (Å²) in [4.78, 5) is 18.7. The zero-order valence-electron chi connectivity index (χ0n) is 19.2. The molecule has 3 heterocycles. The minimum Gasteiger partial charge on any atom is -0.619 e. The lowest BCUT2D eigenvalue weighted by Gasteiger charge is -2.40. The van der Waals surface area contributed by atoms with Crippen molar-refractivity contribution < 1.29 is 27.1 Å². The van der Waals surface area contributed by atoms with Gasteiger partial charge in [-0.1, -0.05) is 0 Å². The van der Waals surface area contributed by atoms with Crippen LogP contribution >= 0.6 is 0 Å². The molecule has 0 saturated carbocycles. The summed E-state index contributed by atoms with van der Waals surface area (Å²) in [5, 5.41) is 14.0. The maximum absolute atomic E-state index is 14.6. The molecule has 1 N–H and O–H groups in total. The molecule has 11 heteroatoms. The van der Waals surface area contributed by atoms with Crippen LogP contribution in [0.1, 0.15) is 43.4 Å². The van der Waals surface area contributed by atoms with Crippen LogP contribution in [0.4, 0.5) is 23.4 Å². The number of likely N-dealkylation sites (tertiary alicyclic amines) is 1. The van der Waals surface area contributed by atoms with E-state index in [2.05, 4.69) is 10.3 Å². The maximum Gasteiger partial charge on any atom is 0.257 e. The van der Waals surface area contributed by atoms with E-state index in [-0.39, 0.29) is 18.9 Å². The third kappa shape index (κ3) is 5.45. The van der Waals surface area contributed by atoms with Crippen molar-refractivity contribution in [3.05, 3.63) is 83.2 Å². The normalized spacial score (nSPS) is 19.8. The lowest BCUT2D eigenvalue weighted by Crippen LogP contribution is -2.52. The summed E-state index contributed by atoms with van der Waals surface area (Å²) in [6.45, 7) is 3.34. The van der Waals surface area contributed by atoms with E-state index in [9.17, 15) is 27.6 Å². The molecule has 2 aromatic heterocycles. The number of halogens is 4. The van der Waals surface area contributed by atoms with E-state index in [1.54, 1.807) is 23.3 Å². The Bertz CT molecular complexity index is 1180. The summed E-state index contributed by atoms with van der Waals surface area (Å²) in [6.07, 6.45) is 4.90. The fraction of sp³-hybridized carbons (Fsp3) is 0.375. The highest BCUT2D eigenvalue weighted by Gasteiger charge is 2.46. The first kappa shape index (κ1) is 24.6. The Labute approximate surface area is 199 Å². The number of imidazole rings is 1. The first-order chi connectivity index (χ1) is 16.5. The van der Waals surface area contributed by atoms with E-state index in [1.165, 1.54) is 49.2 Å². The second-order valence-corrected chi connectivity index (χ2v) is 8.80. The first-order valence-corrected chi connectivity index (χ1v) is 11.1. The van der Waals surface area contributed by atoms with Crippen molar-refractivity contribution in [3.8, 4) is 0 Å². The number of pyridine rings is 1. The van der Waals surface area contributed by atoms with Gasteiger partial charge in [-0.3, -0.25) is 9.69 Å². The van der Waals surface area contributed by atoms with Crippen LogP contribution < -0.4 is 10.0 Å². The lowest BCUT2D eigenvalue weighted by atomic mass is 9.87. The zero-order valence-corrected chi connectivity index (χ0v) is 19.2. The number of nitrogens with zero attached hydrogens (tertiary/aromatic N) is 4. The topological polar surface area (TPSA) is 77.1 Å². The van der Waals surface area contributed by atoms with Gasteiger partial charge in [0.2, 0.25) is 5.91 Å². The molecule has 0 aliphatic carbocycles. The molecular formula is C24H25F4N5O2. The summed E-state index contributed by atoms with van der Waals surface area (Å²) in [5.41, 5.74) is 0.732. The molecular weight excluding hydrogens is 466 g/mol. The summed E-state index contributed by atoms with van der Waals surface area (Å²) in [7, 11) is 0. The molecule has 1 saturated heterocycles. The smallest absolute Gasteiger partial charge is 0.257 e. The average Bonchev–Trinajstić information content (AvgIpc) is 3.26. The fourth-order valence-electron chi connectivity index (χ4n) is 4.28. The lowest BCUT2D eigenvalue weighted by molar-refractivity contribution is -0.605. The van der Waals surface area contributed by atoms with Crippen molar-refractivity contribution >= 4 is 11.7 Å². The molecule has 1 fully saturated rings. The molecule has 1 aliphatic heterocycles. The van der Waals surface area contributed by atoms with Crippen molar-refractivity contribution in [1.82, 2.24) is 14.5 Å². The number of anilines is 1. The molecule has 3 aromatic rings. The van der Waals surface area contributed by atoms with Crippen LogP contribution in [0.15, 0.2) is 55.2 Å². The van der Waals surface area contributed by atoms with Gasteiger partial charge in [-0.05, 0) is 37.1 Å². The number of rotatable bonds is 6. The van der Waals surface area contributed by atoms with E-state index >= 15 is 0 Å². The molecule has 35 heavy (non-hydrogen) atoms. The van der Waals surface area contributed by atoms with Gasteiger partial charge < -0.3 is 15.1 Å². The highest BCUT2D eigenvalue weighted by atomic mass is 19.3. The van der Waals surface area contributed by atoms with Gasteiger partial charge in [0.05, 0.1) is 24.3 Å². The minimum atomic E-state index is -2.97. The van der Waals surface area contributed by atoms with Gasteiger partial charge in [0.1, 0.15) is 11.6 Å². The number of carbonyl (C=O) groups excluding carboxylic acids is 1. The van der Waals surface area contributed by atoms with Gasteiger partial charge in [0, 0.05) is 43.9 Å². The fourth-order valence-corrected chi connectivity index (χ4v) is 4.28. The number of benzene rings is 1. The molecule has 3 atom stereocenters. The molecule has 1 aromatic carbocycles. The number of aromatic nitrogens is 3. The number of piperidine rings is 1. The highest BCUT2D eigenvalue weighted by molar-refractivity contribution is 5.93. The summed E-state index contributed by atoms with van der Waals surface area (Å²) >= 11 is 0. The molecule has 1 aliphatic rings. The Morgan fingerprint density at radius 1 is 1.20 bits per heavy atom. The Hall–Kier alpha value is -3.47. The van der Waals surface area contributed by atoms with Gasteiger partial charge in [-0.15, -0.1) is 0 Å². The minimum absolute atomic E-state index is 0.0308. The van der Waals surface area contributed by atoms with Crippen molar-refractivity contribution in [2.45, 2.75) is 44.2 Å². The van der Waals surface area contributed by atoms with Crippen molar-refractivity contribution in [1.29, 1.82) is 0 Å². The van der Waals surface area contributed by atoms with E-state index in [0.717, 1.165) is 6.07 Å². The summed E-state index contributed by atoms with van der Waals surface area (Å²) in [6, 6.07) is 4.81. The van der Waals surface area contributed by atoms with Crippen LogP contribution in [0, 0.1) is 16.8 Å². The molecule has 0 bridgehead atoms. The highest BCUT2D eigenvalue weighted by Crippen LogP contribution is 2.40. The van der Waals surface area contributed by atoms with Crippen LogP contribution in [0.2, 0.25) is 0 Å². The standard InChI is InChI=1S/C24H25F4N5O2/c1-15(18-9-19(25)11-20(26)10-18)32-13-22(29-14-32)30-23(34)16(2)31-8-5-24(27,28)21(12-31)17-3-6-33(35)7-4-17/h3-4,6-7,9-11,13-16,21H,5,8,12H2,1-2H3,(H,30,34)/t15-,16-,21-/m1/s1. The maximum atomic E-state index is 14.6. The van der Waals surface area contributed by atoms with E-state index in [1.807, 2.05) is 0 Å². The van der Waals surface area contributed by atoms with E-state index in [4.69, 9.17) is 0 Å². The van der Waals surface area contributed by atoms with Crippen molar-refractivity contribution in [2.24, 2.45) is 0 Å². The van der Waals surface area contributed by atoms with E-state index in [0.29, 0.717) is 15.9 Å². The Kier molecular flexibility index (Phi) is 6.79. The monoisotopic (exact) mass is 491 g/mol. The number of hydrogen-bond acceptors (Lipinski definition) is 4. The molecule has 0 radical (unpaired) electrons. The Morgan fingerprint density at radius 2 is 1.86 bits per heavy atom. The van der Waals surface area contributed by atoms with Gasteiger partial charge >= 0.3 is 0 Å². The first-order valence-electron chi connectivity index (χ1n) is 11.1. The molecule has 0 spiro atoms. The molecule has 0 unspecified atom stereocenters. The predicted octanol–water partition coefficient (Wildman–Crippen LogP) is 3.86. The Balaban J connectivity index is 1.43. The van der Waals surface area contributed by atoms with Gasteiger partial charge in [-0.25, -0.2) is 22.5 Å². The third-order valence-electron chi connectivity index (χ3n) is 6.48. The second-order valence-electron chi connectivity index (χ2n) is 8.80. The van der Waals surface area contributed by atoms with Crippen LogP contribution in [0.3, 0.4) is 0 Å². The summed E-state index contributed by atoms with van der Waals surface area (Å²) in [5.74, 6) is -5.70. The van der Waals surface area contributed by atoms with Crippen molar-refractivity contribution in [2.75, 3.05) is 18.4 Å². The SMILES string of the molecule is C[C@H](C(=O)Nc1cn([C@H](C)c2cc(F)cc(F)c2)cn1)N1CCC(F)(F)[C@@H](c2cc[n+]([O-])cc2)C1. The number of carbonyl (C=O) groups is 1. The summed E-state index contributed by atoms with van der Waals surface area (Å²) < 4.78 is 58.5. The quantitative estimate of drug-likeness (QED) is 0.323. The second kappa shape index (κ2) is 9.65. The van der Waals surface area contributed by atoms with E-state index < -0.39 is 47.9 Å². The van der Waals surface area contributed by atoms with Gasteiger partial charge in [0.15, 0.2) is 18.2 Å². The molecule has 1 amide bonds. The third-order valence-corrected chi connectivity index (χ3v) is 6.48. The largest absolute Gasteiger partial charge is 0.619 e. The predicted molar refractivity (Wildman–Crippen MR) is 120 cm³/mol. The molecule has 186 valence electrons. The molecule has 7 nitrogen and oxygen atoms in total. The van der Waals surface area contributed by atoms with Crippen LogP contribution in [0.25, 0.3) is 0 Å².